The van der Waals surface area contributed by atoms with E-state index in [2.05, 4.69) is 13.8 Å². The summed E-state index contributed by atoms with van der Waals surface area (Å²) in [5.41, 5.74) is 0. The molecule has 0 aromatic carbocycles. The Kier molecular flexibility index (Phi) is 28.3. The molecule has 0 amide bonds. The summed E-state index contributed by atoms with van der Waals surface area (Å²) in [7, 11) is 0. The number of unbranched alkanes of at least 4 members (excludes halogenated alkanes) is 25. The molecule has 0 aliphatic carbocycles. The number of carbonyl (C=O) groups is 1. The highest BCUT2D eigenvalue weighted by Crippen LogP contribution is 2.16. The molecule has 0 saturated carbocycles. The van der Waals surface area contributed by atoms with E-state index in [9.17, 15) is 4.79 Å². The molecular formula is C32H63O2. The topological polar surface area (TPSA) is 26.3 Å². The van der Waals surface area contributed by atoms with Crippen molar-refractivity contribution in [2.45, 2.75) is 193 Å². The van der Waals surface area contributed by atoms with Crippen molar-refractivity contribution in [3.8, 4) is 0 Å². The van der Waals surface area contributed by atoms with Crippen LogP contribution >= 0.6 is 0 Å². The lowest BCUT2D eigenvalue weighted by molar-refractivity contribution is -0.144. The summed E-state index contributed by atoms with van der Waals surface area (Å²) < 4.78 is 5.06. The monoisotopic (exact) mass is 479 g/mol. The van der Waals surface area contributed by atoms with Gasteiger partial charge in [-0.2, -0.15) is 0 Å². The normalized spacial score (nSPS) is 12.2. The van der Waals surface area contributed by atoms with Crippen LogP contribution in [0.2, 0.25) is 0 Å². The van der Waals surface area contributed by atoms with Crippen LogP contribution in [-0.2, 0) is 9.53 Å². The summed E-state index contributed by atoms with van der Waals surface area (Å²) in [6.07, 6.45) is 37.7. The SMILES string of the molecule is [CH2]C(CCCCCCCCCCCCCCCCCCCCCCCCCCCC)OC(C)=O. The fraction of sp³-hybridized carbons (Fsp3) is 0.938. The van der Waals surface area contributed by atoms with E-state index in [1.54, 1.807) is 0 Å². The molecule has 0 bridgehead atoms. The summed E-state index contributed by atoms with van der Waals surface area (Å²) in [5.74, 6) is -0.213. The molecule has 0 saturated heterocycles. The van der Waals surface area contributed by atoms with E-state index < -0.39 is 0 Å². The van der Waals surface area contributed by atoms with Gasteiger partial charge in [-0.25, -0.2) is 0 Å². The van der Waals surface area contributed by atoms with Crippen molar-refractivity contribution < 1.29 is 9.53 Å². The van der Waals surface area contributed by atoms with Crippen molar-refractivity contribution in [2.24, 2.45) is 0 Å². The van der Waals surface area contributed by atoms with Gasteiger partial charge in [-0.1, -0.05) is 167 Å². The zero-order chi connectivity index (χ0) is 25.0. The first-order chi connectivity index (χ1) is 16.7. The van der Waals surface area contributed by atoms with Crippen LogP contribution < -0.4 is 0 Å². The summed E-state index contributed by atoms with van der Waals surface area (Å²) in [6, 6.07) is 0. The molecule has 203 valence electrons. The molecule has 1 atom stereocenters. The van der Waals surface area contributed by atoms with Gasteiger partial charge in [-0.05, 0) is 19.8 Å². The average molecular weight is 480 g/mol. The van der Waals surface area contributed by atoms with Crippen LogP contribution in [-0.4, -0.2) is 12.1 Å². The molecule has 2 nitrogen and oxygen atoms in total. The smallest absolute Gasteiger partial charge is 0.302 e. The van der Waals surface area contributed by atoms with Gasteiger partial charge in [-0.15, -0.1) is 0 Å². The quantitative estimate of drug-likeness (QED) is 0.0823. The van der Waals surface area contributed by atoms with Gasteiger partial charge >= 0.3 is 5.97 Å². The molecule has 1 radical (unpaired) electrons. The maximum Gasteiger partial charge on any atom is 0.302 e. The summed E-state index contributed by atoms with van der Waals surface area (Å²) in [4.78, 5) is 10.8. The molecule has 0 heterocycles. The Hall–Kier alpha value is -0.530. The van der Waals surface area contributed by atoms with Gasteiger partial charge in [0, 0.05) is 6.92 Å². The second kappa shape index (κ2) is 28.7. The van der Waals surface area contributed by atoms with E-state index in [0.717, 1.165) is 12.8 Å². The second-order valence-corrected chi connectivity index (χ2v) is 10.9. The number of ether oxygens (including phenoxy) is 1. The Morgan fingerprint density at radius 3 is 0.971 bits per heavy atom. The maximum atomic E-state index is 10.8. The zero-order valence-electron chi connectivity index (χ0n) is 23.7. The van der Waals surface area contributed by atoms with E-state index >= 15 is 0 Å². The van der Waals surface area contributed by atoms with E-state index in [4.69, 9.17) is 4.74 Å². The van der Waals surface area contributed by atoms with Crippen molar-refractivity contribution in [1.29, 1.82) is 0 Å². The first kappa shape index (κ1) is 33.5. The van der Waals surface area contributed by atoms with Gasteiger partial charge in [0.05, 0.1) is 0 Å². The number of rotatable bonds is 28. The predicted molar refractivity (Wildman–Crippen MR) is 151 cm³/mol. The van der Waals surface area contributed by atoms with Crippen LogP contribution in [0.15, 0.2) is 0 Å². The Bertz CT molecular complexity index is 392. The first-order valence-electron chi connectivity index (χ1n) is 15.7. The fourth-order valence-electron chi connectivity index (χ4n) is 4.98. The number of hydrogen-bond acceptors (Lipinski definition) is 2. The Morgan fingerprint density at radius 2 is 0.735 bits per heavy atom. The van der Waals surface area contributed by atoms with Crippen molar-refractivity contribution in [3.05, 3.63) is 6.92 Å². The summed E-state index contributed by atoms with van der Waals surface area (Å²) in [5, 5.41) is 0. The minimum Gasteiger partial charge on any atom is -0.463 e. The average Bonchev–Trinajstić information content (AvgIpc) is 2.81. The van der Waals surface area contributed by atoms with E-state index in [1.807, 2.05) is 0 Å². The molecule has 1 unspecified atom stereocenters. The van der Waals surface area contributed by atoms with Gasteiger partial charge in [-0.3, -0.25) is 4.79 Å². The summed E-state index contributed by atoms with van der Waals surface area (Å²) in [6.45, 7) is 7.62. The molecule has 0 N–H and O–H groups in total. The first-order valence-corrected chi connectivity index (χ1v) is 15.7. The zero-order valence-corrected chi connectivity index (χ0v) is 23.7. The molecule has 0 rings (SSSR count). The third-order valence-corrected chi connectivity index (χ3v) is 7.21. The summed E-state index contributed by atoms with van der Waals surface area (Å²) >= 11 is 0. The number of carbonyl (C=O) groups excluding carboxylic acids is 1. The highest BCUT2D eigenvalue weighted by Gasteiger charge is 2.04. The Balaban J connectivity index is 3.06. The Labute approximate surface area is 215 Å². The molecular weight excluding hydrogens is 416 g/mol. The van der Waals surface area contributed by atoms with E-state index in [1.165, 1.54) is 167 Å². The molecule has 34 heavy (non-hydrogen) atoms. The molecule has 2 heteroatoms. The molecule has 0 aliphatic rings. The van der Waals surface area contributed by atoms with Crippen LogP contribution in [0.4, 0.5) is 0 Å². The van der Waals surface area contributed by atoms with Gasteiger partial charge < -0.3 is 4.74 Å². The van der Waals surface area contributed by atoms with Crippen LogP contribution in [0, 0.1) is 6.92 Å². The lowest BCUT2D eigenvalue weighted by Crippen LogP contribution is -2.12. The van der Waals surface area contributed by atoms with Crippen LogP contribution in [0.1, 0.15) is 187 Å². The van der Waals surface area contributed by atoms with E-state index in [0.29, 0.717) is 0 Å². The Morgan fingerprint density at radius 1 is 0.500 bits per heavy atom. The molecule has 0 aromatic rings. The van der Waals surface area contributed by atoms with Crippen LogP contribution in [0.3, 0.4) is 0 Å². The molecule has 0 spiro atoms. The minimum absolute atomic E-state index is 0.160. The highest BCUT2D eigenvalue weighted by atomic mass is 16.5. The number of esters is 1. The van der Waals surface area contributed by atoms with Crippen LogP contribution in [0.5, 0.6) is 0 Å². The fourth-order valence-corrected chi connectivity index (χ4v) is 4.98. The van der Waals surface area contributed by atoms with Crippen molar-refractivity contribution in [3.63, 3.8) is 0 Å². The molecule has 0 fully saturated rings. The van der Waals surface area contributed by atoms with Gasteiger partial charge in [0.1, 0.15) is 6.10 Å². The van der Waals surface area contributed by atoms with Crippen LogP contribution in [0.25, 0.3) is 0 Å². The van der Waals surface area contributed by atoms with Crippen molar-refractivity contribution in [2.75, 3.05) is 0 Å². The van der Waals surface area contributed by atoms with Gasteiger partial charge in [0.25, 0.3) is 0 Å². The maximum absolute atomic E-state index is 10.8. The molecule has 0 aliphatic heterocycles. The third-order valence-electron chi connectivity index (χ3n) is 7.21. The van der Waals surface area contributed by atoms with Crippen molar-refractivity contribution in [1.82, 2.24) is 0 Å². The highest BCUT2D eigenvalue weighted by molar-refractivity contribution is 5.66. The minimum atomic E-state index is -0.213. The number of hydrogen-bond donors (Lipinski definition) is 0. The van der Waals surface area contributed by atoms with E-state index in [-0.39, 0.29) is 12.1 Å². The standard InChI is InChI=1S/C32H63O2/c1-4-5-6-7-8-9-10-11-12-13-14-15-16-17-18-19-20-21-22-23-24-25-26-27-28-29-30-31(2)34-32(3)33/h31H,2,4-30H2,1,3H3. The lowest BCUT2D eigenvalue weighted by Gasteiger charge is -2.10. The predicted octanol–water partition coefficient (Wildman–Crippen LogP) is 11.3. The van der Waals surface area contributed by atoms with Gasteiger partial charge in [0.2, 0.25) is 0 Å². The van der Waals surface area contributed by atoms with Gasteiger partial charge in [0.15, 0.2) is 0 Å². The lowest BCUT2D eigenvalue weighted by atomic mass is 10.0. The largest absolute Gasteiger partial charge is 0.463 e. The van der Waals surface area contributed by atoms with Crippen molar-refractivity contribution >= 4 is 5.97 Å². The second-order valence-electron chi connectivity index (χ2n) is 10.9. The third kappa shape index (κ3) is 29.5. The molecule has 0 aromatic heterocycles.